The molecule has 2 rings (SSSR count). The Morgan fingerprint density at radius 3 is 1.74 bits per heavy atom. The minimum Gasteiger partial charge on any atom is -0.0625 e. The molecule has 19 heavy (non-hydrogen) atoms. The van der Waals surface area contributed by atoms with Gasteiger partial charge in [-0.3, -0.25) is 0 Å². The Labute approximate surface area is 121 Å². The second kappa shape index (κ2) is 7.70. The van der Waals surface area contributed by atoms with Crippen LogP contribution in [-0.2, 0) is 0 Å². The maximum Gasteiger partial charge on any atom is -0.0391 e. The maximum absolute atomic E-state index is 2.53. The van der Waals surface area contributed by atoms with Crippen LogP contribution in [0, 0.1) is 29.6 Å². The molecule has 0 aliphatic heterocycles. The van der Waals surface area contributed by atoms with Gasteiger partial charge in [0.2, 0.25) is 0 Å². The highest BCUT2D eigenvalue weighted by Crippen LogP contribution is 2.38. The Balaban J connectivity index is 1.64. The normalized spacial score (nSPS) is 31.6. The lowest BCUT2D eigenvalue weighted by molar-refractivity contribution is 0.189. The molecule has 2 saturated carbocycles. The molecule has 112 valence electrons. The molecule has 1 atom stereocenters. The van der Waals surface area contributed by atoms with Gasteiger partial charge in [0.1, 0.15) is 0 Å². The molecule has 0 aromatic rings. The summed E-state index contributed by atoms with van der Waals surface area (Å²) in [6, 6.07) is 0. The van der Waals surface area contributed by atoms with Crippen molar-refractivity contribution in [3.63, 3.8) is 0 Å². The lowest BCUT2D eigenvalue weighted by Crippen LogP contribution is -2.21. The van der Waals surface area contributed by atoms with Crippen LogP contribution >= 0.6 is 0 Å². The Kier molecular flexibility index (Phi) is 6.23. The highest BCUT2D eigenvalue weighted by molar-refractivity contribution is 4.77. The first-order chi connectivity index (χ1) is 9.15. The van der Waals surface area contributed by atoms with E-state index in [0.717, 1.165) is 29.6 Å². The van der Waals surface area contributed by atoms with Gasteiger partial charge in [0.15, 0.2) is 0 Å². The van der Waals surface area contributed by atoms with Gasteiger partial charge in [0.05, 0.1) is 0 Å². The van der Waals surface area contributed by atoms with Crippen molar-refractivity contribution in [2.45, 2.75) is 91.4 Å². The zero-order valence-electron chi connectivity index (χ0n) is 13.7. The van der Waals surface area contributed by atoms with Crippen molar-refractivity contribution in [3.8, 4) is 0 Å². The van der Waals surface area contributed by atoms with Crippen molar-refractivity contribution in [1.29, 1.82) is 0 Å². The molecular weight excluding hydrogens is 228 g/mol. The van der Waals surface area contributed by atoms with Crippen molar-refractivity contribution >= 4 is 0 Å². The molecule has 0 amide bonds. The van der Waals surface area contributed by atoms with Crippen LogP contribution in [0.1, 0.15) is 91.4 Å². The van der Waals surface area contributed by atoms with E-state index in [1.54, 1.807) is 0 Å². The summed E-state index contributed by atoms with van der Waals surface area (Å²) < 4.78 is 0. The van der Waals surface area contributed by atoms with Gasteiger partial charge in [-0.2, -0.15) is 0 Å². The summed E-state index contributed by atoms with van der Waals surface area (Å²) in [6.45, 7) is 7.36. The molecule has 0 aromatic heterocycles. The van der Waals surface area contributed by atoms with E-state index in [4.69, 9.17) is 0 Å². The fourth-order valence-corrected chi connectivity index (χ4v) is 4.75. The van der Waals surface area contributed by atoms with E-state index >= 15 is 0 Å². The highest BCUT2D eigenvalue weighted by Gasteiger charge is 2.25. The van der Waals surface area contributed by atoms with Crippen LogP contribution in [-0.4, -0.2) is 0 Å². The zero-order valence-corrected chi connectivity index (χ0v) is 13.7. The zero-order chi connectivity index (χ0) is 13.7. The summed E-state index contributed by atoms with van der Waals surface area (Å²) in [4.78, 5) is 0. The summed E-state index contributed by atoms with van der Waals surface area (Å²) in [7, 11) is 0. The number of hydrogen-bond donors (Lipinski definition) is 0. The average molecular weight is 264 g/mol. The van der Waals surface area contributed by atoms with Crippen molar-refractivity contribution < 1.29 is 0 Å². The second-order valence-corrected chi connectivity index (χ2v) is 8.11. The van der Waals surface area contributed by atoms with Gasteiger partial charge in [-0.25, -0.2) is 0 Å². The predicted octanol–water partition coefficient (Wildman–Crippen LogP) is 6.45. The Bertz CT molecular complexity index is 228. The van der Waals surface area contributed by atoms with Crippen LogP contribution in [0.5, 0.6) is 0 Å². The first-order valence-corrected chi connectivity index (χ1v) is 9.15. The average Bonchev–Trinajstić information content (AvgIpc) is 2.40. The molecular formula is C19H36. The molecule has 0 saturated heterocycles. The predicted molar refractivity (Wildman–Crippen MR) is 85.3 cm³/mol. The first-order valence-electron chi connectivity index (χ1n) is 9.15. The van der Waals surface area contributed by atoms with Crippen molar-refractivity contribution in [2.24, 2.45) is 29.6 Å². The van der Waals surface area contributed by atoms with Gasteiger partial charge in [-0.15, -0.1) is 0 Å². The van der Waals surface area contributed by atoms with E-state index in [2.05, 4.69) is 20.8 Å². The van der Waals surface area contributed by atoms with Crippen molar-refractivity contribution in [3.05, 3.63) is 0 Å². The number of hydrogen-bond acceptors (Lipinski definition) is 0. The summed E-state index contributed by atoms with van der Waals surface area (Å²) >= 11 is 0. The first kappa shape index (κ1) is 15.4. The van der Waals surface area contributed by atoms with Gasteiger partial charge in [-0.1, -0.05) is 65.7 Å². The largest absolute Gasteiger partial charge is 0.0625 e. The summed E-state index contributed by atoms with van der Waals surface area (Å²) in [5, 5.41) is 0. The Hall–Kier alpha value is 0. The fourth-order valence-electron chi connectivity index (χ4n) is 4.75. The van der Waals surface area contributed by atoms with E-state index in [1.807, 2.05) is 0 Å². The van der Waals surface area contributed by atoms with Gasteiger partial charge >= 0.3 is 0 Å². The van der Waals surface area contributed by atoms with Gasteiger partial charge < -0.3 is 0 Å². The maximum atomic E-state index is 2.53. The Morgan fingerprint density at radius 2 is 1.21 bits per heavy atom. The summed E-state index contributed by atoms with van der Waals surface area (Å²) in [6.07, 6.45) is 16.7. The minimum atomic E-state index is 0.917. The van der Waals surface area contributed by atoms with E-state index in [9.17, 15) is 0 Å². The van der Waals surface area contributed by atoms with E-state index in [-0.39, 0.29) is 0 Å². The molecule has 0 heterocycles. The van der Waals surface area contributed by atoms with E-state index < -0.39 is 0 Å². The highest BCUT2D eigenvalue weighted by atomic mass is 14.3. The molecule has 2 aliphatic rings. The molecule has 0 aromatic carbocycles. The lowest BCUT2D eigenvalue weighted by Gasteiger charge is -2.33. The molecule has 0 N–H and O–H groups in total. The number of rotatable bonds is 5. The third-order valence-electron chi connectivity index (χ3n) is 6.03. The quantitative estimate of drug-likeness (QED) is 0.535. The van der Waals surface area contributed by atoms with Gasteiger partial charge in [-0.05, 0) is 55.3 Å². The molecule has 0 spiro atoms. The molecule has 1 unspecified atom stereocenters. The Morgan fingerprint density at radius 1 is 0.684 bits per heavy atom. The summed E-state index contributed by atoms with van der Waals surface area (Å²) in [5.41, 5.74) is 0. The second-order valence-electron chi connectivity index (χ2n) is 8.11. The fraction of sp³-hybridized carbons (Fsp3) is 1.00. The summed E-state index contributed by atoms with van der Waals surface area (Å²) in [5.74, 6) is 5.08. The van der Waals surface area contributed by atoms with Gasteiger partial charge in [0.25, 0.3) is 0 Å². The molecule has 0 radical (unpaired) electrons. The van der Waals surface area contributed by atoms with Crippen molar-refractivity contribution in [1.82, 2.24) is 0 Å². The third kappa shape index (κ3) is 5.12. The van der Waals surface area contributed by atoms with Crippen LogP contribution in [0.3, 0.4) is 0 Å². The van der Waals surface area contributed by atoms with Crippen LogP contribution in [0.2, 0.25) is 0 Å². The minimum absolute atomic E-state index is 0.917. The molecule has 0 nitrogen and oxygen atoms in total. The van der Waals surface area contributed by atoms with Crippen LogP contribution in [0.25, 0.3) is 0 Å². The van der Waals surface area contributed by atoms with Crippen molar-refractivity contribution in [2.75, 3.05) is 0 Å². The van der Waals surface area contributed by atoms with Crippen LogP contribution in [0.4, 0.5) is 0 Å². The molecule has 0 heteroatoms. The van der Waals surface area contributed by atoms with Crippen LogP contribution < -0.4 is 0 Å². The smallest absolute Gasteiger partial charge is 0.0391 e. The monoisotopic (exact) mass is 264 g/mol. The molecule has 0 bridgehead atoms. The lowest BCUT2D eigenvalue weighted by atomic mass is 9.73. The van der Waals surface area contributed by atoms with Crippen LogP contribution in [0.15, 0.2) is 0 Å². The van der Waals surface area contributed by atoms with E-state index in [1.165, 1.54) is 70.6 Å². The third-order valence-corrected chi connectivity index (χ3v) is 6.03. The van der Waals surface area contributed by atoms with Gasteiger partial charge in [0, 0.05) is 0 Å². The molecule has 2 fully saturated rings. The molecule has 2 aliphatic carbocycles. The van der Waals surface area contributed by atoms with E-state index in [0.29, 0.717) is 0 Å². The standard InChI is InChI=1S/C19H36/c1-15(2)19-11-9-18(10-12-19)14-16(3)13-17-7-5-4-6-8-17/h15-19H,4-14H2,1-3H3. The SMILES string of the molecule is CC(CC1CCCCC1)CC1CCC(C(C)C)CC1. The topological polar surface area (TPSA) is 0 Å².